The molecule has 1 aromatic rings. The minimum atomic E-state index is 0.175. The summed E-state index contributed by atoms with van der Waals surface area (Å²) in [4.78, 5) is 19.2. The lowest BCUT2D eigenvalue weighted by atomic mass is 10.1. The third kappa shape index (κ3) is 3.04. The Hall–Kier alpha value is -1.50. The molecule has 4 aliphatic rings. The van der Waals surface area contributed by atoms with E-state index in [2.05, 4.69) is 9.88 Å². The average molecular weight is 358 g/mol. The fourth-order valence-electron chi connectivity index (χ4n) is 5.08. The first kappa shape index (κ1) is 16.7. The SMILES string of the molecule is O=C(C1[C@H]2COC[C@@H]12)N1CCOC2CC(COCc3cccnc3)CC21. The van der Waals surface area contributed by atoms with Crippen LogP contribution >= 0.6 is 0 Å². The van der Waals surface area contributed by atoms with Crippen molar-refractivity contribution in [2.24, 2.45) is 23.7 Å². The predicted molar refractivity (Wildman–Crippen MR) is 93.1 cm³/mol. The number of nitrogens with zero attached hydrogens (tertiary/aromatic N) is 2. The van der Waals surface area contributed by atoms with Gasteiger partial charge in [0.25, 0.3) is 0 Å². The van der Waals surface area contributed by atoms with Crippen LogP contribution < -0.4 is 0 Å². The summed E-state index contributed by atoms with van der Waals surface area (Å²) in [5, 5.41) is 0. The van der Waals surface area contributed by atoms with Crippen molar-refractivity contribution in [2.45, 2.75) is 31.6 Å². The second kappa shape index (κ2) is 6.91. The first-order valence-electron chi connectivity index (χ1n) is 9.77. The second-order valence-electron chi connectivity index (χ2n) is 8.11. The maximum atomic E-state index is 13.0. The molecule has 1 aromatic heterocycles. The van der Waals surface area contributed by atoms with Gasteiger partial charge >= 0.3 is 0 Å². The Labute approximate surface area is 153 Å². The molecule has 0 radical (unpaired) electrons. The van der Waals surface area contributed by atoms with Crippen LogP contribution in [0, 0.1) is 23.7 Å². The zero-order valence-electron chi connectivity index (χ0n) is 15.0. The molecule has 0 aromatic carbocycles. The molecule has 2 saturated carbocycles. The largest absolute Gasteiger partial charge is 0.381 e. The van der Waals surface area contributed by atoms with Crippen molar-refractivity contribution in [1.82, 2.24) is 9.88 Å². The lowest BCUT2D eigenvalue weighted by molar-refractivity contribution is -0.146. The summed E-state index contributed by atoms with van der Waals surface area (Å²) >= 11 is 0. The van der Waals surface area contributed by atoms with E-state index in [0.29, 0.717) is 36.9 Å². The number of carbonyl (C=O) groups is 1. The van der Waals surface area contributed by atoms with Crippen LogP contribution in [-0.4, -0.2) is 60.9 Å². The van der Waals surface area contributed by atoms with E-state index in [1.807, 2.05) is 18.3 Å². The molecular formula is C20H26N2O4. The Morgan fingerprint density at radius 3 is 3.00 bits per heavy atom. The quantitative estimate of drug-likeness (QED) is 0.798. The van der Waals surface area contributed by atoms with Gasteiger partial charge < -0.3 is 19.1 Å². The van der Waals surface area contributed by atoms with Gasteiger partial charge in [0.15, 0.2) is 0 Å². The first-order chi connectivity index (χ1) is 12.8. The summed E-state index contributed by atoms with van der Waals surface area (Å²) in [7, 11) is 0. The molecule has 2 aliphatic carbocycles. The number of amides is 1. The molecule has 1 amide bonds. The predicted octanol–water partition coefficient (Wildman–Crippen LogP) is 1.50. The lowest BCUT2D eigenvalue weighted by Crippen LogP contribution is -2.52. The van der Waals surface area contributed by atoms with Crippen molar-refractivity contribution in [3.8, 4) is 0 Å². The number of hydrogen-bond donors (Lipinski definition) is 0. The number of rotatable bonds is 5. The van der Waals surface area contributed by atoms with E-state index in [-0.39, 0.29) is 18.1 Å². The van der Waals surface area contributed by atoms with Gasteiger partial charge in [0.1, 0.15) is 0 Å². The molecule has 0 N–H and O–H groups in total. The van der Waals surface area contributed by atoms with Gasteiger partial charge in [-0.25, -0.2) is 0 Å². The highest BCUT2D eigenvalue weighted by Crippen LogP contribution is 2.52. The number of morpholine rings is 1. The third-order valence-corrected chi connectivity index (χ3v) is 6.50. The van der Waals surface area contributed by atoms with Crippen LogP contribution in [0.4, 0.5) is 0 Å². The number of carbonyl (C=O) groups excluding carboxylic acids is 1. The molecule has 26 heavy (non-hydrogen) atoms. The van der Waals surface area contributed by atoms with Gasteiger partial charge in [0, 0.05) is 24.9 Å². The van der Waals surface area contributed by atoms with Crippen LogP contribution in [0.2, 0.25) is 0 Å². The Morgan fingerprint density at radius 2 is 2.19 bits per heavy atom. The maximum absolute atomic E-state index is 13.0. The van der Waals surface area contributed by atoms with E-state index in [1.54, 1.807) is 6.20 Å². The Bertz CT molecular complexity index is 644. The van der Waals surface area contributed by atoms with Crippen molar-refractivity contribution in [3.05, 3.63) is 30.1 Å². The molecule has 4 unspecified atom stereocenters. The average Bonchev–Trinajstić information content (AvgIpc) is 3.00. The van der Waals surface area contributed by atoms with Gasteiger partial charge in [0.2, 0.25) is 5.91 Å². The Balaban J connectivity index is 1.16. The van der Waals surface area contributed by atoms with Crippen LogP contribution in [0.5, 0.6) is 0 Å². The van der Waals surface area contributed by atoms with Crippen LogP contribution in [0.15, 0.2) is 24.5 Å². The molecule has 4 fully saturated rings. The van der Waals surface area contributed by atoms with Crippen molar-refractivity contribution in [3.63, 3.8) is 0 Å². The number of ether oxygens (including phenoxy) is 3. The van der Waals surface area contributed by atoms with Gasteiger partial charge in [-0.3, -0.25) is 9.78 Å². The lowest BCUT2D eigenvalue weighted by Gasteiger charge is -2.38. The number of aromatic nitrogens is 1. The minimum absolute atomic E-state index is 0.175. The standard InChI is InChI=1S/C20H26N2O4/c23-20(19-15-11-25-12-16(15)19)22-4-5-26-18-7-14(6-17(18)22)10-24-9-13-2-1-3-21-8-13/h1-3,8,14-19H,4-7,9-12H2/t14?,15-,16+,17?,18?,19?. The van der Waals surface area contributed by atoms with Crippen molar-refractivity contribution < 1.29 is 19.0 Å². The van der Waals surface area contributed by atoms with E-state index < -0.39 is 0 Å². The summed E-state index contributed by atoms with van der Waals surface area (Å²) in [6.45, 7) is 4.24. The molecule has 2 saturated heterocycles. The fourth-order valence-corrected chi connectivity index (χ4v) is 5.08. The zero-order valence-corrected chi connectivity index (χ0v) is 15.0. The van der Waals surface area contributed by atoms with Gasteiger partial charge in [0.05, 0.1) is 45.2 Å². The van der Waals surface area contributed by atoms with Gasteiger partial charge in [-0.2, -0.15) is 0 Å². The Morgan fingerprint density at radius 1 is 1.31 bits per heavy atom. The number of hydrogen-bond acceptors (Lipinski definition) is 5. The highest BCUT2D eigenvalue weighted by molar-refractivity contribution is 5.83. The minimum Gasteiger partial charge on any atom is -0.381 e. The van der Waals surface area contributed by atoms with Gasteiger partial charge in [-0.05, 0) is 42.2 Å². The summed E-state index contributed by atoms with van der Waals surface area (Å²) < 4.78 is 17.3. The van der Waals surface area contributed by atoms with Crippen LogP contribution in [0.1, 0.15) is 18.4 Å². The topological polar surface area (TPSA) is 60.9 Å². The van der Waals surface area contributed by atoms with Crippen LogP contribution in [0.25, 0.3) is 0 Å². The fraction of sp³-hybridized carbons (Fsp3) is 0.700. The monoisotopic (exact) mass is 358 g/mol. The van der Waals surface area contributed by atoms with Gasteiger partial charge in [-0.15, -0.1) is 0 Å². The normalized spacial score (nSPS) is 38.1. The van der Waals surface area contributed by atoms with E-state index >= 15 is 0 Å². The molecular weight excluding hydrogens is 332 g/mol. The molecule has 3 heterocycles. The molecule has 0 bridgehead atoms. The maximum Gasteiger partial charge on any atom is 0.226 e. The molecule has 6 nitrogen and oxygen atoms in total. The number of fused-ring (bicyclic) bond motifs is 2. The van der Waals surface area contributed by atoms with E-state index in [4.69, 9.17) is 14.2 Å². The molecule has 6 heteroatoms. The highest BCUT2D eigenvalue weighted by atomic mass is 16.5. The van der Waals surface area contributed by atoms with Crippen molar-refractivity contribution in [1.29, 1.82) is 0 Å². The second-order valence-corrected chi connectivity index (χ2v) is 8.11. The Kier molecular flexibility index (Phi) is 4.43. The molecule has 5 rings (SSSR count). The smallest absolute Gasteiger partial charge is 0.226 e. The zero-order chi connectivity index (χ0) is 17.5. The van der Waals surface area contributed by atoms with Crippen molar-refractivity contribution in [2.75, 3.05) is 33.0 Å². The first-order valence-corrected chi connectivity index (χ1v) is 9.77. The molecule has 6 atom stereocenters. The summed E-state index contributed by atoms with van der Waals surface area (Å²) in [5.41, 5.74) is 1.10. The summed E-state index contributed by atoms with van der Waals surface area (Å²) in [6, 6.07) is 4.19. The molecule has 0 spiro atoms. The third-order valence-electron chi connectivity index (χ3n) is 6.50. The molecule has 140 valence electrons. The summed E-state index contributed by atoms with van der Waals surface area (Å²) in [5.74, 6) is 1.96. The van der Waals surface area contributed by atoms with Gasteiger partial charge in [-0.1, -0.05) is 6.07 Å². The van der Waals surface area contributed by atoms with E-state index in [9.17, 15) is 4.79 Å². The number of pyridine rings is 1. The van der Waals surface area contributed by atoms with E-state index in [0.717, 1.165) is 44.8 Å². The van der Waals surface area contributed by atoms with Crippen LogP contribution in [-0.2, 0) is 25.6 Å². The van der Waals surface area contributed by atoms with E-state index in [1.165, 1.54) is 0 Å². The summed E-state index contributed by atoms with van der Waals surface area (Å²) in [6.07, 6.45) is 5.77. The molecule has 2 aliphatic heterocycles. The van der Waals surface area contributed by atoms with Crippen molar-refractivity contribution >= 4 is 5.91 Å². The van der Waals surface area contributed by atoms with Crippen LogP contribution in [0.3, 0.4) is 0 Å². The highest BCUT2D eigenvalue weighted by Gasteiger charge is 2.60.